The van der Waals surface area contributed by atoms with E-state index in [-0.39, 0.29) is 11.9 Å². The molecule has 0 aromatic heterocycles. The Labute approximate surface area is 96.8 Å². The summed E-state index contributed by atoms with van der Waals surface area (Å²) in [6.07, 6.45) is -0.411. The van der Waals surface area contributed by atoms with Crippen LogP contribution in [0.15, 0.2) is 24.3 Å². The molecule has 16 heavy (non-hydrogen) atoms. The van der Waals surface area contributed by atoms with Gasteiger partial charge in [0.25, 0.3) is 0 Å². The number of hydrogen-bond donors (Lipinski definition) is 1. The number of aryl methyl sites for hydroxylation is 1. The fourth-order valence-corrected chi connectivity index (χ4v) is 1.59. The van der Waals surface area contributed by atoms with Crippen molar-refractivity contribution in [3.05, 3.63) is 35.4 Å². The van der Waals surface area contributed by atoms with Gasteiger partial charge in [-0.1, -0.05) is 24.3 Å². The van der Waals surface area contributed by atoms with E-state index in [0.717, 1.165) is 5.56 Å². The molecule has 0 heterocycles. The largest absolute Gasteiger partial charge is 0.372 e. The van der Waals surface area contributed by atoms with Gasteiger partial charge in [-0.3, -0.25) is 4.79 Å². The van der Waals surface area contributed by atoms with Crippen molar-refractivity contribution >= 4 is 5.91 Å². The van der Waals surface area contributed by atoms with Crippen LogP contribution >= 0.6 is 0 Å². The topological polar surface area (TPSA) is 38.3 Å². The fourth-order valence-electron chi connectivity index (χ4n) is 1.59. The molecule has 1 amide bonds. The summed E-state index contributed by atoms with van der Waals surface area (Å²) in [5.74, 6) is -0.0850. The monoisotopic (exact) mass is 221 g/mol. The molecule has 0 aliphatic heterocycles. The highest BCUT2D eigenvalue weighted by Crippen LogP contribution is 2.16. The molecule has 1 aromatic carbocycles. The third-order valence-corrected chi connectivity index (χ3v) is 2.74. The smallest absolute Gasteiger partial charge is 0.249 e. The Morgan fingerprint density at radius 2 is 1.94 bits per heavy atom. The molecule has 0 aliphatic rings. The Kier molecular flexibility index (Phi) is 4.50. The number of hydrogen-bond acceptors (Lipinski definition) is 2. The third-order valence-electron chi connectivity index (χ3n) is 2.74. The molecule has 0 spiro atoms. The summed E-state index contributed by atoms with van der Waals surface area (Å²) < 4.78 is 4.97. The minimum atomic E-state index is -0.411. The molecule has 1 aromatic rings. The zero-order valence-electron chi connectivity index (χ0n) is 10.3. The van der Waals surface area contributed by atoms with E-state index in [1.807, 2.05) is 38.1 Å². The molecule has 3 heteroatoms. The quantitative estimate of drug-likeness (QED) is 0.846. The molecule has 0 fully saturated rings. The van der Waals surface area contributed by atoms with Crippen molar-refractivity contribution in [2.24, 2.45) is 0 Å². The lowest BCUT2D eigenvalue weighted by Gasteiger charge is -2.18. The first-order valence-electron chi connectivity index (χ1n) is 5.45. The Hall–Kier alpha value is -1.35. The number of ether oxygens (including phenoxy) is 1. The van der Waals surface area contributed by atoms with Gasteiger partial charge in [-0.25, -0.2) is 0 Å². The standard InChI is InChI=1S/C13H19NO2/c1-9-7-5-6-8-12(9)10(2)14-13(15)11(3)16-4/h5-8,10-11H,1-4H3,(H,14,15)/t10-,11?/m1/s1. The van der Waals surface area contributed by atoms with E-state index in [9.17, 15) is 4.79 Å². The normalized spacial score (nSPS) is 14.2. The van der Waals surface area contributed by atoms with E-state index in [4.69, 9.17) is 4.74 Å². The van der Waals surface area contributed by atoms with Crippen molar-refractivity contribution in [2.75, 3.05) is 7.11 Å². The summed E-state index contributed by atoms with van der Waals surface area (Å²) in [4.78, 5) is 11.6. The summed E-state index contributed by atoms with van der Waals surface area (Å²) in [7, 11) is 1.53. The van der Waals surface area contributed by atoms with Gasteiger partial charge in [-0.05, 0) is 31.9 Å². The van der Waals surface area contributed by atoms with Gasteiger partial charge in [0.1, 0.15) is 6.10 Å². The molecule has 0 saturated carbocycles. The lowest BCUT2D eigenvalue weighted by molar-refractivity contribution is -0.130. The molecule has 0 aliphatic carbocycles. The number of methoxy groups -OCH3 is 1. The molecule has 1 rings (SSSR count). The Morgan fingerprint density at radius 1 is 1.31 bits per heavy atom. The minimum absolute atomic E-state index is 0.00583. The summed E-state index contributed by atoms with van der Waals surface area (Å²) in [6, 6.07) is 8.04. The second-order valence-electron chi connectivity index (χ2n) is 3.96. The number of nitrogens with one attached hydrogen (secondary N) is 1. The van der Waals surface area contributed by atoms with Gasteiger partial charge < -0.3 is 10.1 Å². The number of carbonyl (C=O) groups excluding carboxylic acids is 1. The molecule has 88 valence electrons. The third kappa shape index (κ3) is 3.07. The predicted molar refractivity (Wildman–Crippen MR) is 64.2 cm³/mol. The highest BCUT2D eigenvalue weighted by Gasteiger charge is 2.15. The Bertz CT molecular complexity index is 363. The van der Waals surface area contributed by atoms with Gasteiger partial charge in [0.15, 0.2) is 0 Å². The van der Waals surface area contributed by atoms with Gasteiger partial charge in [0.2, 0.25) is 5.91 Å². The first-order chi connectivity index (χ1) is 7.56. The number of benzene rings is 1. The molecule has 2 atom stereocenters. The number of carbonyl (C=O) groups is 1. The zero-order valence-corrected chi connectivity index (χ0v) is 10.3. The van der Waals surface area contributed by atoms with Gasteiger partial charge >= 0.3 is 0 Å². The molecule has 1 N–H and O–H groups in total. The van der Waals surface area contributed by atoms with Crippen LogP contribution in [-0.4, -0.2) is 19.1 Å². The Balaban J connectivity index is 2.69. The van der Waals surface area contributed by atoms with Crippen LogP contribution < -0.4 is 5.32 Å². The van der Waals surface area contributed by atoms with Gasteiger partial charge in [0.05, 0.1) is 6.04 Å². The van der Waals surface area contributed by atoms with Crippen LogP contribution in [0, 0.1) is 6.92 Å². The summed E-state index contributed by atoms with van der Waals surface area (Å²) in [5, 5.41) is 2.92. The second kappa shape index (κ2) is 5.66. The highest BCUT2D eigenvalue weighted by molar-refractivity contribution is 5.80. The van der Waals surface area contributed by atoms with Crippen molar-refractivity contribution in [2.45, 2.75) is 32.9 Å². The van der Waals surface area contributed by atoms with Crippen molar-refractivity contribution in [3.63, 3.8) is 0 Å². The zero-order chi connectivity index (χ0) is 12.1. The van der Waals surface area contributed by atoms with Gasteiger partial charge in [-0.15, -0.1) is 0 Å². The molecule has 0 radical (unpaired) electrons. The molecular formula is C13H19NO2. The average Bonchev–Trinajstić information content (AvgIpc) is 2.28. The first-order valence-corrected chi connectivity index (χ1v) is 5.45. The maximum atomic E-state index is 11.6. The average molecular weight is 221 g/mol. The molecule has 0 bridgehead atoms. The van der Waals surface area contributed by atoms with Crippen molar-refractivity contribution in [1.82, 2.24) is 5.32 Å². The van der Waals surface area contributed by atoms with Crippen LogP contribution in [0.2, 0.25) is 0 Å². The lowest BCUT2D eigenvalue weighted by Crippen LogP contribution is -2.35. The summed E-state index contributed by atoms with van der Waals surface area (Å²) in [6.45, 7) is 5.75. The van der Waals surface area contributed by atoms with Crippen LogP contribution in [0.25, 0.3) is 0 Å². The van der Waals surface area contributed by atoms with Crippen LogP contribution in [0.5, 0.6) is 0 Å². The van der Waals surface area contributed by atoms with Crippen molar-refractivity contribution in [3.8, 4) is 0 Å². The maximum Gasteiger partial charge on any atom is 0.249 e. The maximum absolute atomic E-state index is 11.6. The first kappa shape index (κ1) is 12.7. The van der Waals surface area contributed by atoms with E-state index in [1.165, 1.54) is 12.7 Å². The summed E-state index contributed by atoms with van der Waals surface area (Å²) in [5.41, 5.74) is 2.32. The van der Waals surface area contributed by atoms with Crippen molar-refractivity contribution < 1.29 is 9.53 Å². The molecule has 0 saturated heterocycles. The molecule has 1 unspecified atom stereocenters. The van der Waals surface area contributed by atoms with E-state index in [1.54, 1.807) is 6.92 Å². The van der Waals surface area contributed by atoms with Crippen LogP contribution in [-0.2, 0) is 9.53 Å². The minimum Gasteiger partial charge on any atom is -0.372 e. The SMILES string of the molecule is COC(C)C(=O)N[C@H](C)c1ccccc1C. The summed E-state index contributed by atoms with van der Waals surface area (Å²) >= 11 is 0. The predicted octanol–water partition coefficient (Wildman–Crippen LogP) is 2.21. The number of amides is 1. The Morgan fingerprint density at radius 3 is 2.50 bits per heavy atom. The van der Waals surface area contributed by atoms with Gasteiger partial charge in [0, 0.05) is 7.11 Å². The fraction of sp³-hybridized carbons (Fsp3) is 0.462. The van der Waals surface area contributed by atoms with E-state index in [0.29, 0.717) is 0 Å². The number of rotatable bonds is 4. The lowest BCUT2D eigenvalue weighted by atomic mass is 10.0. The van der Waals surface area contributed by atoms with Crippen LogP contribution in [0.1, 0.15) is 31.0 Å². The van der Waals surface area contributed by atoms with Crippen LogP contribution in [0.4, 0.5) is 0 Å². The second-order valence-corrected chi connectivity index (χ2v) is 3.96. The van der Waals surface area contributed by atoms with Crippen LogP contribution in [0.3, 0.4) is 0 Å². The van der Waals surface area contributed by atoms with E-state index >= 15 is 0 Å². The molecular weight excluding hydrogens is 202 g/mol. The van der Waals surface area contributed by atoms with E-state index < -0.39 is 6.10 Å². The molecule has 3 nitrogen and oxygen atoms in total. The highest BCUT2D eigenvalue weighted by atomic mass is 16.5. The van der Waals surface area contributed by atoms with E-state index in [2.05, 4.69) is 5.32 Å². The van der Waals surface area contributed by atoms with Gasteiger partial charge in [-0.2, -0.15) is 0 Å². The van der Waals surface area contributed by atoms with Crippen molar-refractivity contribution in [1.29, 1.82) is 0 Å².